The minimum Gasteiger partial charge on any atom is -0.494 e. The first kappa shape index (κ1) is 19.8. The van der Waals surface area contributed by atoms with Crippen LogP contribution >= 0.6 is 0 Å². The van der Waals surface area contributed by atoms with Gasteiger partial charge in [0.15, 0.2) is 5.88 Å². The Labute approximate surface area is 189 Å². The molecule has 1 saturated carbocycles. The maximum atomic E-state index is 10.8. The summed E-state index contributed by atoms with van der Waals surface area (Å²) in [7, 11) is 0. The number of rotatable bonds is 6. The molecule has 2 aliphatic heterocycles. The molecule has 3 aliphatic rings. The molecule has 0 radical (unpaired) electrons. The summed E-state index contributed by atoms with van der Waals surface area (Å²) in [4.78, 5) is 26.6. The summed E-state index contributed by atoms with van der Waals surface area (Å²) in [6.45, 7) is 2.87. The number of aromatic hydroxyl groups is 1. The molecule has 1 amide bonds. The number of hydrogen-bond acceptors (Lipinski definition) is 6. The molecular formula is C24H23N5O4. The van der Waals surface area contributed by atoms with Crippen LogP contribution in [0.15, 0.2) is 58.7 Å². The highest BCUT2D eigenvalue weighted by molar-refractivity contribution is 6.58. The Hall–Kier alpha value is -3.85. The van der Waals surface area contributed by atoms with Crippen molar-refractivity contribution in [3.63, 3.8) is 0 Å². The third-order valence-corrected chi connectivity index (χ3v) is 6.75. The van der Waals surface area contributed by atoms with E-state index in [0.717, 1.165) is 41.8 Å². The molecule has 2 aromatic carbocycles. The number of piperidine rings is 1. The normalized spacial score (nSPS) is 24.5. The van der Waals surface area contributed by atoms with E-state index in [1.165, 1.54) is 0 Å². The van der Waals surface area contributed by atoms with Crippen LogP contribution in [-0.2, 0) is 4.84 Å². The molecule has 1 aliphatic carbocycles. The van der Waals surface area contributed by atoms with Gasteiger partial charge in [0.05, 0.1) is 11.3 Å². The molecule has 3 atom stereocenters. The van der Waals surface area contributed by atoms with Gasteiger partial charge in [-0.05, 0) is 24.0 Å². The summed E-state index contributed by atoms with van der Waals surface area (Å²) >= 11 is 0. The van der Waals surface area contributed by atoms with Crippen molar-refractivity contribution in [1.29, 1.82) is 0 Å². The Bertz CT molecular complexity index is 1300. The van der Waals surface area contributed by atoms with Crippen molar-refractivity contribution in [2.45, 2.75) is 6.04 Å². The molecule has 3 aromatic rings. The van der Waals surface area contributed by atoms with Crippen LogP contribution in [0.4, 0.5) is 10.5 Å². The van der Waals surface area contributed by atoms with Gasteiger partial charge in [0.2, 0.25) is 0 Å². The Morgan fingerprint density at radius 1 is 1.18 bits per heavy atom. The van der Waals surface area contributed by atoms with Crippen LogP contribution in [0.1, 0.15) is 11.1 Å². The fraction of sp³-hybridized carbons (Fsp3) is 0.292. The predicted octanol–water partition coefficient (Wildman–Crippen LogP) is 2.93. The molecule has 1 unspecified atom stereocenters. The quantitative estimate of drug-likeness (QED) is 0.343. The van der Waals surface area contributed by atoms with Crippen LogP contribution in [0.3, 0.4) is 0 Å². The minimum atomic E-state index is -0.948. The van der Waals surface area contributed by atoms with E-state index >= 15 is 0 Å². The fourth-order valence-corrected chi connectivity index (χ4v) is 5.14. The molecule has 0 spiro atoms. The lowest BCUT2D eigenvalue weighted by Crippen LogP contribution is -2.35. The van der Waals surface area contributed by atoms with E-state index in [9.17, 15) is 9.90 Å². The molecule has 168 valence electrons. The number of nitrogens with zero attached hydrogens (tertiary/aromatic N) is 3. The van der Waals surface area contributed by atoms with Gasteiger partial charge >= 0.3 is 6.09 Å². The van der Waals surface area contributed by atoms with E-state index in [0.29, 0.717) is 35.4 Å². The Balaban J connectivity index is 1.17. The molecular weight excluding hydrogens is 422 g/mol. The average Bonchev–Trinajstić information content (AvgIpc) is 3.17. The monoisotopic (exact) mass is 445 g/mol. The van der Waals surface area contributed by atoms with Crippen molar-refractivity contribution in [2.24, 2.45) is 22.0 Å². The zero-order valence-corrected chi connectivity index (χ0v) is 17.7. The summed E-state index contributed by atoms with van der Waals surface area (Å²) in [6, 6.07) is 15.5. The topological polar surface area (TPSA) is 123 Å². The molecule has 1 saturated heterocycles. The average molecular weight is 445 g/mol. The van der Waals surface area contributed by atoms with Gasteiger partial charge < -0.3 is 25.4 Å². The predicted molar refractivity (Wildman–Crippen MR) is 123 cm³/mol. The maximum absolute atomic E-state index is 10.8. The number of oxime groups is 1. The maximum Gasteiger partial charge on any atom is 0.404 e. The third-order valence-electron chi connectivity index (χ3n) is 6.75. The van der Waals surface area contributed by atoms with Crippen molar-refractivity contribution >= 4 is 34.1 Å². The van der Waals surface area contributed by atoms with Gasteiger partial charge in [-0.15, -0.1) is 0 Å². The SMILES string of the molecule is O=C(O)NC1[C@H]2CN(CCON=C3C(c4c(O)[nH]c5ccccc45)=Nc4ccccc43)C[C@@H]12. The van der Waals surface area contributed by atoms with Crippen LogP contribution in [0, 0.1) is 11.8 Å². The zero-order valence-electron chi connectivity index (χ0n) is 17.7. The van der Waals surface area contributed by atoms with E-state index in [1.807, 2.05) is 48.5 Å². The van der Waals surface area contributed by atoms with Crippen LogP contribution in [0.5, 0.6) is 5.88 Å². The Kier molecular flexibility index (Phi) is 4.58. The minimum absolute atomic E-state index is 0.0521. The van der Waals surface area contributed by atoms with Gasteiger partial charge in [0.1, 0.15) is 18.0 Å². The van der Waals surface area contributed by atoms with Gasteiger partial charge in [-0.3, -0.25) is 4.90 Å². The Morgan fingerprint density at radius 2 is 1.94 bits per heavy atom. The summed E-state index contributed by atoms with van der Waals surface area (Å²) < 4.78 is 0. The van der Waals surface area contributed by atoms with Crippen molar-refractivity contribution in [3.8, 4) is 5.88 Å². The van der Waals surface area contributed by atoms with Crippen molar-refractivity contribution < 1.29 is 19.8 Å². The Morgan fingerprint density at radius 3 is 2.76 bits per heavy atom. The van der Waals surface area contributed by atoms with Gasteiger partial charge in [-0.1, -0.05) is 41.6 Å². The molecule has 9 nitrogen and oxygen atoms in total. The highest BCUT2D eigenvalue weighted by atomic mass is 16.6. The number of aromatic nitrogens is 1. The smallest absolute Gasteiger partial charge is 0.404 e. The molecule has 9 heteroatoms. The van der Waals surface area contributed by atoms with Gasteiger partial charge in [-0.2, -0.15) is 0 Å². The first-order chi connectivity index (χ1) is 16.1. The van der Waals surface area contributed by atoms with Gasteiger partial charge in [0.25, 0.3) is 0 Å². The number of benzene rings is 2. The summed E-state index contributed by atoms with van der Waals surface area (Å²) in [5, 5.41) is 27.4. The van der Waals surface area contributed by atoms with Crippen molar-refractivity contribution in [3.05, 3.63) is 59.7 Å². The standard InChI is InChI=1S/C24H23N5O4/c30-23-19(13-5-1-3-7-17(13)26-23)22-21(14-6-2-4-8-18(14)25-22)28-33-10-9-29-11-15-16(12-29)20(15)27-24(31)32/h1-8,15-16,20,26-27,30H,9-12H2,(H,31,32)/t15-,16+,20?. The number of likely N-dealkylation sites (tertiary alicyclic amines) is 1. The number of carboxylic acid groups (broad SMARTS) is 1. The van der Waals surface area contributed by atoms with Crippen LogP contribution in [0.25, 0.3) is 10.9 Å². The van der Waals surface area contributed by atoms with E-state index in [-0.39, 0.29) is 11.9 Å². The molecule has 0 bridgehead atoms. The highest BCUT2D eigenvalue weighted by Crippen LogP contribution is 2.45. The number of fused-ring (bicyclic) bond motifs is 3. The highest BCUT2D eigenvalue weighted by Gasteiger charge is 2.56. The number of amides is 1. The van der Waals surface area contributed by atoms with E-state index < -0.39 is 6.09 Å². The lowest BCUT2D eigenvalue weighted by Gasteiger charge is -2.18. The lowest BCUT2D eigenvalue weighted by molar-refractivity contribution is 0.114. The van der Waals surface area contributed by atoms with Crippen molar-refractivity contribution in [1.82, 2.24) is 15.2 Å². The number of nitrogens with one attached hydrogen (secondary N) is 2. The number of aliphatic imine (C=N–C) groups is 1. The van der Waals surface area contributed by atoms with Crippen LogP contribution in [-0.4, -0.2) is 69.9 Å². The number of aromatic amines is 1. The molecule has 33 heavy (non-hydrogen) atoms. The number of H-pyrrole nitrogens is 1. The number of para-hydroxylation sites is 2. The van der Waals surface area contributed by atoms with Gasteiger partial charge in [-0.25, -0.2) is 9.79 Å². The lowest BCUT2D eigenvalue weighted by atomic mass is 10.0. The number of hydrogen-bond donors (Lipinski definition) is 4. The summed E-state index contributed by atoms with van der Waals surface area (Å²) in [6.07, 6.45) is -0.948. The second-order valence-corrected chi connectivity index (χ2v) is 8.71. The molecule has 6 rings (SSSR count). The van der Waals surface area contributed by atoms with Crippen LogP contribution in [0.2, 0.25) is 0 Å². The second kappa shape index (κ2) is 7.63. The molecule has 3 heterocycles. The molecule has 4 N–H and O–H groups in total. The van der Waals surface area contributed by atoms with Crippen LogP contribution < -0.4 is 5.32 Å². The van der Waals surface area contributed by atoms with Crippen molar-refractivity contribution in [2.75, 3.05) is 26.2 Å². The molecule has 1 aromatic heterocycles. The largest absolute Gasteiger partial charge is 0.494 e. The van der Waals surface area contributed by atoms with Gasteiger partial charge in [0, 0.05) is 42.1 Å². The van der Waals surface area contributed by atoms with E-state index in [1.54, 1.807) is 0 Å². The third kappa shape index (κ3) is 3.41. The molecule has 2 fully saturated rings. The fourth-order valence-electron chi connectivity index (χ4n) is 5.14. The first-order valence-electron chi connectivity index (χ1n) is 11.0. The van der Waals surface area contributed by atoms with E-state index in [2.05, 4.69) is 20.4 Å². The zero-order chi connectivity index (χ0) is 22.5. The second-order valence-electron chi connectivity index (χ2n) is 8.71. The first-order valence-corrected chi connectivity index (χ1v) is 11.0. The summed E-state index contributed by atoms with van der Waals surface area (Å²) in [5.41, 5.74) is 4.27. The number of carbonyl (C=O) groups is 1. The van der Waals surface area contributed by atoms with E-state index in [4.69, 9.17) is 14.9 Å². The summed E-state index contributed by atoms with van der Waals surface area (Å²) in [5.74, 6) is 0.853.